The van der Waals surface area contributed by atoms with Crippen molar-refractivity contribution in [1.29, 1.82) is 0 Å². The molecule has 0 radical (unpaired) electrons. The van der Waals surface area contributed by atoms with Gasteiger partial charge in [0.15, 0.2) is 0 Å². The molecule has 0 spiro atoms. The summed E-state index contributed by atoms with van der Waals surface area (Å²) in [6.45, 7) is 3.63. The van der Waals surface area contributed by atoms with Crippen LogP contribution < -0.4 is 10.5 Å². The van der Waals surface area contributed by atoms with Crippen LogP contribution in [0.5, 0.6) is 0 Å². The second-order valence-electron chi connectivity index (χ2n) is 4.36. The Morgan fingerprint density at radius 2 is 2.15 bits per heavy atom. The molecular formula is C12H14BrN3O2S2. The van der Waals surface area contributed by atoms with Gasteiger partial charge in [-0.3, -0.25) is 0 Å². The molecule has 108 valence electrons. The first-order chi connectivity index (χ1) is 9.29. The highest BCUT2D eigenvalue weighted by atomic mass is 79.9. The first kappa shape index (κ1) is 15.4. The first-order valence-electron chi connectivity index (χ1n) is 5.79. The van der Waals surface area contributed by atoms with Crippen molar-refractivity contribution in [2.45, 2.75) is 24.8 Å². The number of thiazole rings is 1. The summed E-state index contributed by atoms with van der Waals surface area (Å²) in [4.78, 5) is 4.41. The number of anilines is 1. The molecule has 0 aliphatic carbocycles. The van der Waals surface area contributed by atoms with E-state index in [1.165, 1.54) is 17.4 Å². The number of benzene rings is 1. The quantitative estimate of drug-likeness (QED) is 0.804. The zero-order valence-electron chi connectivity index (χ0n) is 10.9. The largest absolute Gasteiger partial charge is 0.399 e. The normalized spacial score (nSPS) is 13.3. The van der Waals surface area contributed by atoms with Gasteiger partial charge in [-0.2, -0.15) is 0 Å². The third kappa shape index (κ3) is 3.38. The maximum atomic E-state index is 12.4. The maximum Gasteiger partial charge on any atom is 0.242 e. The third-order valence-electron chi connectivity index (χ3n) is 2.58. The number of nitrogens with two attached hydrogens (primary N) is 1. The molecule has 5 nitrogen and oxygen atoms in total. The Morgan fingerprint density at radius 1 is 1.45 bits per heavy atom. The molecule has 0 saturated carbocycles. The Balaban J connectivity index is 2.29. The molecule has 1 heterocycles. The minimum Gasteiger partial charge on any atom is -0.399 e. The summed E-state index contributed by atoms with van der Waals surface area (Å²) in [5.41, 5.74) is 6.92. The number of hydrogen-bond acceptors (Lipinski definition) is 5. The third-order valence-corrected chi connectivity index (χ3v) is 6.26. The van der Waals surface area contributed by atoms with E-state index >= 15 is 0 Å². The zero-order chi connectivity index (χ0) is 14.9. The van der Waals surface area contributed by atoms with Crippen LogP contribution in [0.1, 0.15) is 23.7 Å². The molecule has 2 rings (SSSR count). The zero-order valence-corrected chi connectivity index (χ0v) is 14.1. The number of aryl methyl sites for hydroxylation is 1. The minimum atomic E-state index is -3.66. The minimum absolute atomic E-state index is 0.123. The van der Waals surface area contributed by atoms with Crippen molar-refractivity contribution in [1.82, 2.24) is 9.71 Å². The molecule has 1 aromatic carbocycles. The van der Waals surface area contributed by atoms with E-state index in [1.54, 1.807) is 19.1 Å². The lowest BCUT2D eigenvalue weighted by atomic mass is 10.3. The van der Waals surface area contributed by atoms with Crippen molar-refractivity contribution in [2.75, 3.05) is 5.73 Å². The predicted molar refractivity (Wildman–Crippen MR) is 84.1 cm³/mol. The Bertz CT molecular complexity index is 728. The number of nitrogens with one attached hydrogen (secondary N) is 1. The van der Waals surface area contributed by atoms with Crippen molar-refractivity contribution in [3.8, 4) is 0 Å². The van der Waals surface area contributed by atoms with Crippen LogP contribution in [0.25, 0.3) is 0 Å². The van der Waals surface area contributed by atoms with Gasteiger partial charge in [0.2, 0.25) is 10.0 Å². The lowest BCUT2D eigenvalue weighted by Crippen LogP contribution is -2.27. The number of aromatic nitrogens is 1. The molecule has 0 saturated heterocycles. The van der Waals surface area contributed by atoms with Gasteiger partial charge in [0.1, 0.15) is 5.01 Å². The van der Waals surface area contributed by atoms with E-state index in [0.717, 1.165) is 10.7 Å². The Labute approximate surface area is 130 Å². The summed E-state index contributed by atoms with van der Waals surface area (Å²) in [7, 11) is -3.66. The van der Waals surface area contributed by atoms with Crippen LogP contribution >= 0.6 is 27.3 Å². The number of hydrogen-bond donors (Lipinski definition) is 2. The monoisotopic (exact) mass is 375 g/mol. The number of rotatable bonds is 4. The van der Waals surface area contributed by atoms with E-state index in [0.29, 0.717) is 10.2 Å². The second-order valence-corrected chi connectivity index (χ2v) is 7.79. The van der Waals surface area contributed by atoms with Crippen LogP contribution in [0, 0.1) is 6.92 Å². The fraction of sp³-hybridized carbons (Fsp3) is 0.250. The molecule has 8 heteroatoms. The van der Waals surface area contributed by atoms with E-state index < -0.39 is 16.1 Å². The molecule has 0 amide bonds. The molecule has 0 bridgehead atoms. The summed E-state index contributed by atoms with van der Waals surface area (Å²) in [5, 5.41) is 2.61. The molecule has 3 N–H and O–H groups in total. The first-order valence-corrected chi connectivity index (χ1v) is 8.94. The summed E-state index contributed by atoms with van der Waals surface area (Å²) in [5.74, 6) is 0. The number of nitrogens with zero attached hydrogens (tertiary/aromatic N) is 1. The topological polar surface area (TPSA) is 85.1 Å². The summed E-state index contributed by atoms with van der Waals surface area (Å²) < 4.78 is 27.8. The Kier molecular flexibility index (Phi) is 4.48. The van der Waals surface area contributed by atoms with Gasteiger partial charge in [-0.1, -0.05) is 0 Å². The van der Waals surface area contributed by atoms with Crippen LogP contribution in [-0.4, -0.2) is 13.4 Å². The van der Waals surface area contributed by atoms with Crippen molar-refractivity contribution in [2.24, 2.45) is 0 Å². The van der Waals surface area contributed by atoms with Gasteiger partial charge in [0.25, 0.3) is 0 Å². The van der Waals surface area contributed by atoms with Gasteiger partial charge in [0.05, 0.1) is 10.9 Å². The Hall–Kier alpha value is -0.960. The van der Waals surface area contributed by atoms with Crippen molar-refractivity contribution >= 4 is 43.0 Å². The maximum absolute atomic E-state index is 12.4. The van der Waals surface area contributed by atoms with Gasteiger partial charge in [-0.05, 0) is 48.0 Å². The number of sulfonamides is 1. The molecule has 20 heavy (non-hydrogen) atoms. The van der Waals surface area contributed by atoms with Crippen LogP contribution in [0.2, 0.25) is 0 Å². The SMILES string of the molecule is Cc1csc(C(C)NS(=O)(=O)c2cc(N)ccc2Br)n1. The van der Waals surface area contributed by atoms with Crippen molar-refractivity contribution in [3.63, 3.8) is 0 Å². The highest BCUT2D eigenvalue weighted by Gasteiger charge is 2.22. The second kappa shape index (κ2) is 5.80. The molecule has 0 fully saturated rings. The Morgan fingerprint density at radius 3 is 2.75 bits per heavy atom. The molecule has 1 unspecified atom stereocenters. The van der Waals surface area contributed by atoms with E-state index in [2.05, 4.69) is 25.6 Å². The fourth-order valence-electron chi connectivity index (χ4n) is 1.64. The average molecular weight is 376 g/mol. The molecule has 2 aromatic rings. The lowest BCUT2D eigenvalue weighted by molar-refractivity contribution is 0.565. The fourth-order valence-corrected chi connectivity index (χ4v) is 4.73. The molecule has 0 aliphatic rings. The highest BCUT2D eigenvalue weighted by Crippen LogP contribution is 2.26. The van der Waals surface area contributed by atoms with Gasteiger partial charge in [-0.15, -0.1) is 11.3 Å². The smallest absolute Gasteiger partial charge is 0.242 e. The van der Waals surface area contributed by atoms with E-state index in [4.69, 9.17) is 5.73 Å². The number of nitrogen functional groups attached to an aromatic ring is 1. The standard InChI is InChI=1S/C12H14BrN3O2S2/c1-7-6-19-12(15-7)8(2)16-20(17,18)11-5-9(14)3-4-10(11)13/h3-6,8,16H,14H2,1-2H3. The van der Waals surface area contributed by atoms with E-state index in [-0.39, 0.29) is 4.90 Å². The van der Waals surface area contributed by atoms with E-state index in [9.17, 15) is 8.42 Å². The predicted octanol–water partition coefficient (Wildman–Crippen LogP) is 2.84. The highest BCUT2D eigenvalue weighted by molar-refractivity contribution is 9.10. The van der Waals surface area contributed by atoms with E-state index in [1.807, 2.05) is 12.3 Å². The van der Waals surface area contributed by atoms with Crippen LogP contribution in [0.3, 0.4) is 0 Å². The van der Waals surface area contributed by atoms with Crippen LogP contribution in [-0.2, 0) is 10.0 Å². The molecule has 1 aromatic heterocycles. The summed E-state index contributed by atoms with van der Waals surface area (Å²) >= 11 is 4.66. The van der Waals surface area contributed by atoms with Gasteiger partial charge >= 0.3 is 0 Å². The molecule has 1 atom stereocenters. The molecular weight excluding hydrogens is 362 g/mol. The number of halogens is 1. The van der Waals surface area contributed by atoms with Crippen molar-refractivity contribution < 1.29 is 8.42 Å². The average Bonchev–Trinajstić information content (AvgIpc) is 2.78. The lowest BCUT2D eigenvalue weighted by Gasteiger charge is -2.13. The summed E-state index contributed by atoms with van der Waals surface area (Å²) in [6, 6.07) is 4.28. The van der Waals surface area contributed by atoms with Gasteiger partial charge in [0, 0.05) is 21.2 Å². The van der Waals surface area contributed by atoms with Gasteiger partial charge < -0.3 is 5.73 Å². The van der Waals surface area contributed by atoms with Gasteiger partial charge in [-0.25, -0.2) is 18.1 Å². The summed E-state index contributed by atoms with van der Waals surface area (Å²) in [6.07, 6.45) is 0. The van der Waals surface area contributed by atoms with Crippen LogP contribution in [0.15, 0.2) is 32.9 Å². The van der Waals surface area contributed by atoms with Crippen molar-refractivity contribution in [3.05, 3.63) is 38.8 Å². The van der Waals surface area contributed by atoms with Crippen LogP contribution in [0.4, 0.5) is 5.69 Å². The molecule has 0 aliphatic heterocycles.